The summed E-state index contributed by atoms with van der Waals surface area (Å²) in [5, 5.41) is 0. The smallest absolute Gasteiger partial charge is 0.310 e. The number of hydrogen-bond acceptors (Lipinski definition) is 4. The van der Waals surface area contributed by atoms with Crippen molar-refractivity contribution >= 4 is 5.97 Å². The molecule has 5 fully saturated rings. The highest BCUT2D eigenvalue weighted by atomic mass is 16.6. The molecule has 0 spiro atoms. The van der Waals surface area contributed by atoms with Crippen LogP contribution < -0.4 is 0 Å². The van der Waals surface area contributed by atoms with Crippen molar-refractivity contribution in [3.8, 4) is 0 Å². The molecular weight excluding hydrogens is 278 g/mol. The molecule has 4 aliphatic carbocycles. The van der Waals surface area contributed by atoms with Crippen LogP contribution in [-0.4, -0.2) is 49.3 Å². The van der Waals surface area contributed by atoms with Gasteiger partial charge in [-0.15, -0.1) is 0 Å². The van der Waals surface area contributed by atoms with E-state index in [1.165, 1.54) is 19.3 Å². The summed E-state index contributed by atoms with van der Waals surface area (Å²) >= 11 is 0. The molecule has 1 aliphatic heterocycles. The third-order valence-electron chi connectivity index (χ3n) is 6.34. The lowest BCUT2D eigenvalue weighted by atomic mass is 9.54. The molecule has 0 aromatic carbocycles. The minimum absolute atomic E-state index is 0.0221. The van der Waals surface area contributed by atoms with Crippen LogP contribution in [0.25, 0.3) is 0 Å². The molecule has 4 bridgehead atoms. The lowest BCUT2D eigenvalue weighted by molar-refractivity contribution is -0.191. The third-order valence-corrected chi connectivity index (χ3v) is 6.34. The van der Waals surface area contributed by atoms with E-state index in [-0.39, 0.29) is 17.5 Å². The van der Waals surface area contributed by atoms with Crippen LogP contribution in [0.5, 0.6) is 0 Å². The highest BCUT2D eigenvalue weighted by Crippen LogP contribution is 2.57. The van der Waals surface area contributed by atoms with E-state index in [1.807, 2.05) is 6.92 Å². The van der Waals surface area contributed by atoms with Crippen LogP contribution >= 0.6 is 0 Å². The predicted molar refractivity (Wildman–Crippen MR) is 83.4 cm³/mol. The van der Waals surface area contributed by atoms with Crippen molar-refractivity contribution < 1.29 is 14.3 Å². The first-order valence-electron chi connectivity index (χ1n) is 9.15. The number of ether oxygens (including phenoxy) is 2. The molecular formula is C18H29NO3. The van der Waals surface area contributed by atoms with Crippen LogP contribution in [0.4, 0.5) is 0 Å². The van der Waals surface area contributed by atoms with E-state index < -0.39 is 0 Å². The number of nitrogens with zero attached hydrogens (tertiary/aromatic N) is 1. The van der Waals surface area contributed by atoms with Crippen molar-refractivity contribution in [3.05, 3.63) is 0 Å². The molecule has 0 radical (unpaired) electrons. The fourth-order valence-electron chi connectivity index (χ4n) is 5.72. The van der Waals surface area contributed by atoms with Crippen LogP contribution in [0, 0.1) is 23.7 Å². The Morgan fingerprint density at radius 3 is 2.23 bits per heavy atom. The van der Waals surface area contributed by atoms with E-state index in [4.69, 9.17) is 9.47 Å². The minimum atomic E-state index is -0.0922. The second-order valence-electron chi connectivity index (χ2n) is 8.34. The topological polar surface area (TPSA) is 38.8 Å². The third kappa shape index (κ3) is 2.92. The lowest BCUT2D eigenvalue weighted by Crippen LogP contribution is -2.53. The van der Waals surface area contributed by atoms with Gasteiger partial charge in [-0.05, 0) is 56.3 Å². The van der Waals surface area contributed by atoms with E-state index in [2.05, 4.69) is 4.90 Å². The molecule has 1 heterocycles. The maximum absolute atomic E-state index is 12.6. The van der Waals surface area contributed by atoms with Crippen LogP contribution in [0.1, 0.15) is 45.4 Å². The Morgan fingerprint density at radius 2 is 1.68 bits per heavy atom. The zero-order chi connectivity index (χ0) is 15.2. The summed E-state index contributed by atoms with van der Waals surface area (Å²) in [5.41, 5.74) is -0.0922. The van der Waals surface area contributed by atoms with Gasteiger partial charge < -0.3 is 9.47 Å². The Balaban J connectivity index is 1.35. The van der Waals surface area contributed by atoms with Gasteiger partial charge in [-0.1, -0.05) is 6.92 Å². The van der Waals surface area contributed by atoms with Crippen molar-refractivity contribution in [2.24, 2.45) is 23.7 Å². The Labute approximate surface area is 133 Å². The average Bonchev–Trinajstić information content (AvgIpc) is 2.46. The number of rotatable bonds is 4. The Kier molecular flexibility index (Phi) is 3.93. The number of morpholine rings is 1. The molecule has 22 heavy (non-hydrogen) atoms. The van der Waals surface area contributed by atoms with E-state index in [0.29, 0.717) is 0 Å². The molecule has 0 aromatic heterocycles. The summed E-state index contributed by atoms with van der Waals surface area (Å²) < 4.78 is 11.5. The molecule has 0 aromatic rings. The van der Waals surface area contributed by atoms with Crippen LogP contribution in [0.2, 0.25) is 0 Å². The number of hydrogen-bond donors (Lipinski definition) is 0. The Hall–Kier alpha value is -0.610. The van der Waals surface area contributed by atoms with Gasteiger partial charge in [0.15, 0.2) is 0 Å². The maximum atomic E-state index is 12.6. The number of carbonyl (C=O) groups excluding carboxylic acids is 1. The first kappa shape index (κ1) is 14.9. The predicted octanol–water partition coefficient (Wildman–Crippen LogP) is 2.47. The molecule has 4 nitrogen and oxygen atoms in total. The summed E-state index contributed by atoms with van der Waals surface area (Å²) in [6.45, 7) is 6.30. The van der Waals surface area contributed by atoms with Gasteiger partial charge in [-0.2, -0.15) is 0 Å². The molecule has 1 unspecified atom stereocenters. The lowest BCUT2D eigenvalue weighted by Gasteiger charge is -2.55. The van der Waals surface area contributed by atoms with Crippen molar-refractivity contribution in [2.75, 3.05) is 32.8 Å². The van der Waals surface area contributed by atoms with Crippen molar-refractivity contribution in [1.29, 1.82) is 0 Å². The van der Waals surface area contributed by atoms with Crippen molar-refractivity contribution in [3.63, 3.8) is 0 Å². The molecule has 1 atom stereocenters. The molecule has 124 valence electrons. The zero-order valence-corrected chi connectivity index (χ0v) is 13.8. The number of carbonyl (C=O) groups is 1. The van der Waals surface area contributed by atoms with E-state index in [1.54, 1.807) is 0 Å². The minimum Gasteiger partial charge on any atom is -0.459 e. The largest absolute Gasteiger partial charge is 0.459 e. The highest BCUT2D eigenvalue weighted by Gasteiger charge is 2.53. The summed E-state index contributed by atoms with van der Waals surface area (Å²) in [4.78, 5) is 14.9. The SMILES string of the molecule is CC(CN1CCOCC1)C(=O)OC12CC3CC(CC(C3)C1)C2. The molecule has 1 saturated heterocycles. The average molecular weight is 307 g/mol. The molecule has 0 amide bonds. The number of esters is 1. The standard InChI is InChI=1S/C18H29NO3/c1-13(12-19-2-4-21-5-3-19)17(20)22-18-9-14-6-15(10-18)8-16(7-14)11-18/h13-16H,2-12H2,1H3. The highest BCUT2D eigenvalue weighted by molar-refractivity contribution is 5.72. The van der Waals surface area contributed by atoms with Crippen molar-refractivity contribution in [1.82, 2.24) is 4.90 Å². The first-order valence-corrected chi connectivity index (χ1v) is 9.15. The van der Waals surface area contributed by atoms with E-state index >= 15 is 0 Å². The molecule has 4 saturated carbocycles. The second-order valence-corrected chi connectivity index (χ2v) is 8.34. The second kappa shape index (κ2) is 5.79. The first-order chi connectivity index (χ1) is 10.6. The molecule has 5 aliphatic rings. The Bertz CT molecular complexity index is 395. The van der Waals surface area contributed by atoms with Gasteiger partial charge >= 0.3 is 5.97 Å². The Morgan fingerprint density at radius 1 is 1.14 bits per heavy atom. The molecule has 0 N–H and O–H groups in total. The van der Waals surface area contributed by atoms with Crippen LogP contribution in [0.3, 0.4) is 0 Å². The fraction of sp³-hybridized carbons (Fsp3) is 0.944. The van der Waals surface area contributed by atoms with Gasteiger partial charge in [-0.3, -0.25) is 9.69 Å². The van der Waals surface area contributed by atoms with Gasteiger partial charge in [0.25, 0.3) is 0 Å². The van der Waals surface area contributed by atoms with Gasteiger partial charge in [0, 0.05) is 19.6 Å². The monoisotopic (exact) mass is 307 g/mol. The van der Waals surface area contributed by atoms with Gasteiger partial charge in [0.1, 0.15) is 5.60 Å². The van der Waals surface area contributed by atoms with Gasteiger partial charge in [0.2, 0.25) is 0 Å². The summed E-state index contributed by atoms with van der Waals surface area (Å²) in [5.74, 6) is 2.50. The molecule has 4 heteroatoms. The maximum Gasteiger partial charge on any atom is 0.310 e. The van der Waals surface area contributed by atoms with Crippen LogP contribution in [0.15, 0.2) is 0 Å². The van der Waals surface area contributed by atoms with Gasteiger partial charge in [-0.25, -0.2) is 0 Å². The quantitative estimate of drug-likeness (QED) is 0.748. The normalized spacial score (nSPS) is 42.3. The zero-order valence-electron chi connectivity index (χ0n) is 13.8. The van der Waals surface area contributed by atoms with E-state index in [0.717, 1.165) is 69.9 Å². The van der Waals surface area contributed by atoms with E-state index in [9.17, 15) is 4.79 Å². The van der Waals surface area contributed by atoms with Crippen molar-refractivity contribution in [2.45, 2.75) is 51.0 Å². The van der Waals surface area contributed by atoms with Crippen LogP contribution in [-0.2, 0) is 14.3 Å². The fourth-order valence-corrected chi connectivity index (χ4v) is 5.72. The summed E-state index contributed by atoms with van der Waals surface area (Å²) in [7, 11) is 0. The molecule has 5 rings (SSSR count). The summed E-state index contributed by atoms with van der Waals surface area (Å²) in [6, 6.07) is 0. The summed E-state index contributed by atoms with van der Waals surface area (Å²) in [6.07, 6.45) is 7.57. The van der Waals surface area contributed by atoms with Gasteiger partial charge in [0.05, 0.1) is 19.1 Å².